The number of anilines is 6. The van der Waals surface area contributed by atoms with Crippen LogP contribution in [0.3, 0.4) is 0 Å². The highest BCUT2D eigenvalue weighted by Gasteiger charge is 2.16. The number of hydrogen-bond donors (Lipinski definition) is 0. The lowest BCUT2D eigenvalue weighted by atomic mass is 9.96. The molecule has 8 rings (SSSR count). The highest BCUT2D eigenvalue weighted by molar-refractivity contribution is 5.90. The van der Waals surface area contributed by atoms with Crippen LogP contribution in [-0.2, 0) is 6.42 Å². The predicted octanol–water partition coefficient (Wildman–Crippen LogP) is 12.9. The summed E-state index contributed by atoms with van der Waals surface area (Å²) < 4.78 is 0. The van der Waals surface area contributed by atoms with Crippen molar-refractivity contribution in [3.63, 3.8) is 0 Å². The minimum absolute atomic E-state index is 1.10. The Kier molecular flexibility index (Phi) is 8.13. The van der Waals surface area contributed by atoms with Crippen LogP contribution in [0.2, 0.25) is 0 Å². The van der Waals surface area contributed by atoms with E-state index in [9.17, 15) is 0 Å². The van der Waals surface area contributed by atoms with Crippen molar-refractivity contribution in [1.29, 1.82) is 0 Å². The first-order valence-corrected chi connectivity index (χ1v) is 16.7. The summed E-state index contributed by atoms with van der Waals surface area (Å²) in [4.78, 5) is 4.65. The second-order valence-corrected chi connectivity index (χ2v) is 12.2. The Bertz CT molecular complexity index is 2170. The number of benzene rings is 7. The molecule has 7 aromatic rings. The molecule has 1 aliphatic rings. The van der Waals surface area contributed by atoms with Gasteiger partial charge in [0.15, 0.2) is 0 Å². The van der Waals surface area contributed by atoms with Gasteiger partial charge in [0.2, 0.25) is 0 Å². The van der Waals surface area contributed by atoms with E-state index in [-0.39, 0.29) is 0 Å². The van der Waals surface area contributed by atoms with E-state index in [1.54, 1.807) is 0 Å². The monoisotopic (exact) mass is 616 g/mol. The molecule has 0 unspecified atom stereocenters. The van der Waals surface area contributed by atoms with Crippen LogP contribution in [0, 0.1) is 0 Å². The van der Waals surface area contributed by atoms with Crippen molar-refractivity contribution in [2.75, 3.05) is 9.80 Å². The van der Waals surface area contributed by atoms with E-state index in [1.807, 2.05) is 0 Å². The second-order valence-electron chi connectivity index (χ2n) is 12.2. The van der Waals surface area contributed by atoms with E-state index in [0.29, 0.717) is 0 Å². The minimum Gasteiger partial charge on any atom is -0.311 e. The number of hydrogen-bond acceptors (Lipinski definition) is 2. The van der Waals surface area contributed by atoms with Gasteiger partial charge in [-0.1, -0.05) is 121 Å². The zero-order chi connectivity index (χ0) is 32.1. The average molecular weight is 617 g/mol. The van der Waals surface area contributed by atoms with Crippen molar-refractivity contribution in [3.05, 3.63) is 198 Å². The number of aryl methyl sites for hydroxylation is 1. The molecule has 0 saturated carbocycles. The molecule has 7 aromatic carbocycles. The molecule has 2 heteroatoms. The molecule has 0 saturated heterocycles. The molecule has 230 valence electrons. The van der Waals surface area contributed by atoms with E-state index in [0.717, 1.165) is 52.4 Å². The lowest BCUT2D eigenvalue weighted by Crippen LogP contribution is -2.10. The molecular weight excluding hydrogens is 581 g/mol. The summed E-state index contributed by atoms with van der Waals surface area (Å²) in [5.74, 6) is 0. The van der Waals surface area contributed by atoms with Crippen molar-refractivity contribution in [3.8, 4) is 0 Å². The minimum atomic E-state index is 1.10. The molecule has 0 amide bonds. The Morgan fingerprint density at radius 2 is 0.875 bits per heavy atom. The molecule has 0 aliphatic heterocycles. The van der Waals surface area contributed by atoms with E-state index in [1.165, 1.54) is 27.6 Å². The average Bonchev–Trinajstić information content (AvgIpc) is 3.16. The molecule has 48 heavy (non-hydrogen) atoms. The lowest BCUT2D eigenvalue weighted by molar-refractivity contribution is 0.985. The van der Waals surface area contributed by atoms with Crippen molar-refractivity contribution in [2.45, 2.75) is 12.8 Å². The summed E-state index contributed by atoms with van der Waals surface area (Å²) in [5.41, 5.74) is 11.9. The summed E-state index contributed by atoms with van der Waals surface area (Å²) in [6, 6.07) is 60.8. The SMILES string of the molecule is C1=Cc2cc(N(c3ccc(/C=C/c4ccc(N(c5ccccc5)c5ccccc5)cc4)cc3)c3ccc4ccccc4c3)ccc2CC1. The number of para-hydroxylation sites is 2. The number of rotatable bonds is 8. The van der Waals surface area contributed by atoms with Crippen LogP contribution in [0.15, 0.2) is 176 Å². The van der Waals surface area contributed by atoms with Crippen molar-refractivity contribution >= 4 is 63.1 Å². The number of nitrogens with zero attached hydrogens (tertiary/aromatic N) is 2. The third-order valence-electron chi connectivity index (χ3n) is 9.06. The van der Waals surface area contributed by atoms with Gasteiger partial charge in [-0.25, -0.2) is 0 Å². The summed E-state index contributed by atoms with van der Waals surface area (Å²) in [5, 5.41) is 2.48. The topological polar surface area (TPSA) is 6.48 Å². The third kappa shape index (κ3) is 6.17. The van der Waals surface area contributed by atoms with Crippen molar-refractivity contribution in [2.24, 2.45) is 0 Å². The third-order valence-corrected chi connectivity index (χ3v) is 9.06. The quantitative estimate of drug-likeness (QED) is 0.157. The van der Waals surface area contributed by atoms with Crippen LogP contribution < -0.4 is 9.80 Å². The summed E-state index contributed by atoms with van der Waals surface area (Å²) in [6.45, 7) is 0. The summed E-state index contributed by atoms with van der Waals surface area (Å²) >= 11 is 0. The molecule has 0 spiro atoms. The molecule has 0 bridgehead atoms. The number of allylic oxidation sites excluding steroid dienone is 1. The summed E-state index contributed by atoms with van der Waals surface area (Å²) in [7, 11) is 0. The van der Waals surface area contributed by atoms with Crippen LogP contribution in [0.4, 0.5) is 34.1 Å². The Hall–Kier alpha value is -6.12. The van der Waals surface area contributed by atoms with Gasteiger partial charge in [-0.3, -0.25) is 0 Å². The molecule has 0 radical (unpaired) electrons. The van der Waals surface area contributed by atoms with E-state index < -0.39 is 0 Å². The molecule has 0 heterocycles. The smallest absolute Gasteiger partial charge is 0.0468 e. The van der Waals surface area contributed by atoms with Crippen LogP contribution in [-0.4, -0.2) is 0 Å². The molecule has 0 atom stereocenters. The molecule has 0 N–H and O–H groups in total. The van der Waals surface area contributed by atoms with Gasteiger partial charge in [-0.15, -0.1) is 0 Å². The Labute approximate surface area is 283 Å². The van der Waals surface area contributed by atoms with Gasteiger partial charge in [-0.05, 0) is 119 Å². The summed E-state index contributed by atoms with van der Waals surface area (Å²) in [6.07, 6.45) is 11.1. The van der Waals surface area contributed by atoms with Crippen LogP contribution >= 0.6 is 0 Å². The normalized spacial score (nSPS) is 12.2. The maximum atomic E-state index is 2.37. The van der Waals surface area contributed by atoms with Gasteiger partial charge in [0.1, 0.15) is 0 Å². The lowest BCUT2D eigenvalue weighted by Gasteiger charge is -2.27. The van der Waals surface area contributed by atoms with Gasteiger partial charge in [0.25, 0.3) is 0 Å². The van der Waals surface area contributed by atoms with Crippen molar-refractivity contribution in [1.82, 2.24) is 0 Å². The molecule has 2 nitrogen and oxygen atoms in total. The Morgan fingerprint density at radius 3 is 1.50 bits per heavy atom. The van der Waals surface area contributed by atoms with E-state index >= 15 is 0 Å². The first-order valence-electron chi connectivity index (χ1n) is 16.7. The van der Waals surface area contributed by atoms with Gasteiger partial charge in [-0.2, -0.15) is 0 Å². The van der Waals surface area contributed by atoms with Crippen LogP contribution in [0.5, 0.6) is 0 Å². The predicted molar refractivity (Wildman–Crippen MR) is 206 cm³/mol. The highest BCUT2D eigenvalue weighted by Crippen LogP contribution is 2.38. The zero-order valence-electron chi connectivity index (χ0n) is 26.8. The maximum absolute atomic E-state index is 2.37. The molecule has 0 fully saturated rings. The molecule has 1 aliphatic carbocycles. The van der Waals surface area contributed by atoms with Gasteiger partial charge in [0.05, 0.1) is 0 Å². The fourth-order valence-electron chi connectivity index (χ4n) is 6.58. The highest BCUT2D eigenvalue weighted by atomic mass is 15.1. The molecular formula is C46H36N2. The van der Waals surface area contributed by atoms with E-state index in [2.05, 4.69) is 204 Å². The van der Waals surface area contributed by atoms with Gasteiger partial charge >= 0.3 is 0 Å². The maximum Gasteiger partial charge on any atom is 0.0468 e. The largest absolute Gasteiger partial charge is 0.311 e. The van der Waals surface area contributed by atoms with Gasteiger partial charge in [0, 0.05) is 34.1 Å². The van der Waals surface area contributed by atoms with Crippen LogP contribution in [0.25, 0.3) is 29.0 Å². The second kappa shape index (κ2) is 13.3. The fraction of sp³-hybridized carbons (Fsp3) is 0.0435. The fourth-order valence-corrected chi connectivity index (χ4v) is 6.58. The number of fused-ring (bicyclic) bond motifs is 2. The molecule has 0 aromatic heterocycles. The van der Waals surface area contributed by atoms with Crippen molar-refractivity contribution < 1.29 is 0 Å². The Balaban J connectivity index is 1.07. The standard InChI is InChI=1S/C46H36N2/c1-3-15-41(16-4-1)47(42-17-5-2-6-18-42)43-27-21-35(22-28-43)19-20-36-23-29-44(30-24-36)48(45-31-25-37-11-7-9-13-39(37)33-45)46-32-26-38-12-8-10-14-40(38)34-46/h1-7,9-11,13-34H,8,12H2/b20-19+. The first-order chi connectivity index (χ1) is 23.8. The zero-order valence-corrected chi connectivity index (χ0v) is 26.8. The van der Waals surface area contributed by atoms with Gasteiger partial charge < -0.3 is 9.80 Å². The van der Waals surface area contributed by atoms with E-state index in [4.69, 9.17) is 0 Å². The van der Waals surface area contributed by atoms with Crippen LogP contribution in [0.1, 0.15) is 28.7 Å². The first kappa shape index (κ1) is 29.3. The Morgan fingerprint density at radius 1 is 0.396 bits per heavy atom.